The lowest BCUT2D eigenvalue weighted by Gasteiger charge is -2.01. The second-order valence-electron chi connectivity index (χ2n) is 5.73. The van der Waals surface area contributed by atoms with Crippen molar-refractivity contribution < 1.29 is 0 Å². The van der Waals surface area contributed by atoms with Crippen LogP contribution in [0.3, 0.4) is 0 Å². The summed E-state index contributed by atoms with van der Waals surface area (Å²) in [5, 5.41) is 3.00. The molecule has 2 aromatic rings. The van der Waals surface area contributed by atoms with E-state index in [0.717, 1.165) is 34.1 Å². The molecule has 0 spiro atoms. The molecule has 0 aliphatic carbocycles. The summed E-state index contributed by atoms with van der Waals surface area (Å²) < 4.78 is 0. The maximum atomic E-state index is 4.79. The van der Waals surface area contributed by atoms with E-state index in [0.29, 0.717) is 5.92 Å². The van der Waals surface area contributed by atoms with Crippen molar-refractivity contribution in [3.8, 4) is 11.3 Å². The SMILES string of the molecule is C=C/C=C(\N=CC(C)CC)c1nc(-c2c[nH]c(C)c2/C=C\C)cs1. The van der Waals surface area contributed by atoms with Crippen LogP contribution in [0.5, 0.6) is 0 Å². The van der Waals surface area contributed by atoms with E-state index in [2.05, 4.69) is 48.8 Å². The van der Waals surface area contributed by atoms with Gasteiger partial charge in [-0.1, -0.05) is 38.7 Å². The van der Waals surface area contributed by atoms with Crippen LogP contribution in [0.2, 0.25) is 0 Å². The summed E-state index contributed by atoms with van der Waals surface area (Å²) in [7, 11) is 0. The van der Waals surface area contributed by atoms with E-state index in [1.165, 1.54) is 5.56 Å². The fourth-order valence-corrected chi connectivity index (χ4v) is 3.04. The normalized spacial score (nSPS) is 13.9. The average Bonchev–Trinajstić information content (AvgIpc) is 3.19. The first-order valence-corrected chi connectivity index (χ1v) is 9.12. The number of nitrogens with one attached hydrogen (secondary N) is 1. The number of nitrogens with zero attached hydrogens (tertiary/aromatic N) is 2. The lowest BCUT2D eigenvalue weighted by molar-refractivity contribution is 0.755. The first kappa shape index (κ1) is 18.1. The minimum absolute atomic E-state index is 0.450. The number of H-pyrrole nitrogens is 1. The number of thiazole rings is 1. The highest BCUT2D eigenvalue weighted by molar-refractivity contribution is 7.11. The fourth-order valence-electron chi connectivity index (χ4n) is 2.24. The monoisotopic (exact) mass is 339 g/mol. The van der Waals surface area contributed by atoms with Gasteiger partial charge in [-0.15, -0.1) is 11.3 Å². The van der Waals surface area contributed by atoms with Crippen LogP contribution in [0.4, 0.5) is 0 Å². The van der Waals surface area contributed by atoms with Crippen LogP contribution >= 0.6 is 11.3 Å². The van der Waals surface area contributed by atoms with Gasteiger partial charge in [0.1, 0.15) is 5.01 Å². The van der Waals surface area contributed by atoms with Crippen LogP contribution in [-0.2, 0) is 0 Å². The number of aryl methyl sites for hydroxylation is 1. The van der Waals surface area contributed by atoms with Gasteiger partial charge in [0.15, 0.2) is 0 Å². The number of rotatable bonds is 7. The van der Waals surface area contributed by atoms with Gasteiger partial charge in [0, 0.05) is 34.6 Å². The van der Waals surface area contributed by atoms with Crippen molar-refractivity contribution in [2.45, 2.75) is 34.1 Å². The molecule has 0 radical (unpaired) electrons. The Morgan fingerprint density at radius 1 is 1.50 bits per heavy atom. The number of aliphatic imine (C=N–C) groups is 1. The van der Waals surface area contributed by atoms with Gasteiger partial charge >= 0.3 is 0 Å². The Labute approximate surface area is 148 Å². The Morgan fingerprint density at radius 2 is 2.29 bits per heavy atom. The third-order valence-corrected chi connectivity index (χ3v) is 4.71. The Bertz CT molecular complexity index is 775. The molecule has 3 nitrogen and oxygen atoms in total. The van der Waals surface area contributed by atoms with Crippen molar-refractivity contribution in [2.24, 2.45) is 10.9 Å². The van der Waals surface area contributed by atoms with Gasteiger partial charge in [-0.05, 0) is 32.3 Å². The lowest BCUT2D eigenvalue weighted by Crippen LogP contribution is -1.93. The molecule has 1 N–H and O–H groups in total. The highest BCUT2D eigenvalue weighted by Crippen LogP contribution is 2.31. The van der Waals surface area contributed by atoms with Gasteiger partial charge in [0.05, 0.1) is 11.4 Å². The maximum absolute atomic E-state index is 4.79. The molecule has 1 unspecified atom stereocenters. The molecule has 0 saturated carbocycles. The van der Waals surface area contributed by atoms with Crippen molar-refractivity contribution in [1.29, 1.82) is 0 Å². The highest BCUT2D eigenvalue weighted by Gasteiger charge is 2.13. The zero-order chi connectivity index (χ0) is 17.5. The molecule has 0 aromatic carbocycles. The molecule has 0 aliphatic rings. The zero-order valence-corrected chi connectivity index (χ0v) is 15.7. The molecule has 2 rings (SSSR count). The summed E-state index contributed by atoms with van der Waals surface area (Å²) >= 11 is 1.61. The Morgan fingerprint density at radius 3 is 2.96 bits per heavy atom. The maximum Gasteiger partial charge on any atom is 0.142 e. The standard InChI is InChI=1S/C20H25N3S/c1-6-9-16-15(5)21-12-17(16)19-13-24-20(23-19)18(10-7-2)22-11-14(4)8-3/h6-7,9-14,21H,2,8H2,1,3-5H3/b9-6-,18-10-,22-11?. The van der Waals surface area contributed by atoms with Gasteiger partial charge in [0.25, 0.3) is 0 Å². The van der Waals surface area contributed by atoms with E-state index in [9.17, 15) is 0 Å². The molecule has 0 amide bonds. The van der Waals surface area contributed by atoms with E-state index in [1.54, 1.807) is 17.4 Å². The molecule has 1 atom stereocenters. The smallest absolute Gasteiger partial charge is 0.142 e. The molecule has 2 heterocycles. The molecule has 4 heteroatoms. The van der Waals surface area contributed by atoms with Gasteiger partial charge in [-0.25, -0.2) is 4.98 Å². The summed E-state index contributed by atoms with van der Waals surface area (Å²) in [6, 6.07) is 0. The summed E-state index contributed by atoms with van der Waals surface area (Å²) in [5.41, 5.74) is 5.29. The molecule has 0 saturated heterocycles. The second kappa shape index (κ2) is 8.60. The van der Waals surface area contributed by atoms with Gasteiger partial charge in [-0.3, -0.25) is 4.99 Å². The van der Waals surface area contributed by atoms with Crippen LogP contribution in [-0.4, -0.2) is 16.2 Å². The van der Waals surface area contributed by atoms with E-state index >= 15 is 0 Å². The van der Waals surface area contributed by atoms with Crippen LogP contribution in [0.25, 0.3) is 23.0 Å². The molecular formula is C20H25N3S. The molecule has 24 heavy (non-hydrogen) atoms. The van der Waals surface area contributed by atoms with Crippen LogP contribution < -0.4 is 0 Å². The van der Waals surface area contributed by atoms with Crippen molar-refractivity contribution in [1.82, 2.24) is 9.97 Å². The van der Waals surface area contributed by atoms with E-state index in [4.69, 9.17) is 4.98 Å². The van der Waals surface area contributed by atoms with Gasteiger partial charge in [0.2, 0.25) is 0 Å². The Hall–Kier alpha value is -2.20. The van der Waals surface area contributed by atoms with Gasteiger partial charge in [-0.2, -0.15) is 0 Å². The Balaban J connectivity index is 2.37. The van der Waals surface area contributed by atoms with E-state index in [1.807, 2.05) is 31.5 Å². The third kappa shape index (κ3) is 4.20. The first-order valence-electron chi connectivity index (χ1n) is 8.24. The van der Waals surface area contributed by atoms with Crippen LogP contribution in [0.1, 0.15) is 43.5 Å². The van der Waals surface area contributed by atoms with Crippen molar-refractivity contribution in [3.63, 3.8) is 0 Å². The third-order valence-electron chi connectivity index (χ3n) is 3.85. The molecule has 0 fully saturated rings. The van der Waals surface area contributed by atoms with Crippen LogP contribution in [0.15, 0.2) is 41.4 Å². The average molecular weight is 340 g/mol. The summed E-state index contributed by atoms with van der Waals surface area (Å²) in [5.74, 6) is 0.450. The molecule has 0 aliphatic heterocycles. The quantitative estimate of drug-likeness (QED) is 0.479. The predicted octanol–water partition coefficient (Wildman–Crippen LogP) is 6.12. The first-order chi connectivity index (χ1) is 11.6. The van der Waals surface area contributed by atoms with Crippen molar-refractivity contribution in [2.75, 3.05) is 0 Å². The summed E-state index contributed by atoms with van der Waals surface area (Å²) in [6.45, 7) is 12.2. The number of hydrogen-bond acceptors (Lipinski definition) is 3. The highest BCUT2D eigenvalue weighted by atomic mass is 32.1. The predicted molar refractivity (Wildman–Crippen MR) is 107 cm³/mol. The van der Waals surface area contributed by atoms with E-state index in [-0.39, 0.29) is 0 Å². The van der Waals surface area contributed by atoms with Crippen molar-refractivity contribution in [3.05, 3.63) is 52.6 Å². The van der Waals surface area contributed by atoms with E-state index < -0.39 is 0 Å². The summed E-state index contributed by atoms with van der Waals surface area (Å²) in [4.78, 5) is 12.7. The molecule has 2 aromatic heterocycles. The number of hydrogen-bond donors (Lipinski definition) is 1. The largest absolute Gasteiger partial charge is 0.364 e. The number of allylic oxidation sites excluding steroid dienone is 3. The molecule has 126 valence electrons. The number of aromatic amines is 1. The number of aromatic nitrogens is 2. The minimum atomic E-state index is 0.450. The second-order valence-corrected chi connectivity index (χ2v) is 6.59. The topological polar surface area (TPSA) is 41.0 Å². The molecule has 0 bridgehead atoms. The molecular weight excluding hydrogens is 314 g/mol. The lowest BCUT2D eigenvalue weighted by atomic mass is 10.1. The zero-order valence-electron chi connectivity index (χ0n) is 14.8. The van der Waals surface area contributed by atoms with Crippen molar-refractivity contribution >= 4 is 29.3 Å². The van der Waals surface area contributed by atoms with Crippen LogP contribution in [0, 0.1) is 12.8 Å². The summed E-state index contributed by atoms with van der Waals surface area (Å²) in [6.07, 6.45) is 12.9. The van der Waals surface area contributed by atoms with Gasteiger partial charge < -0.3 is 4.98 Å². The Kier molecular flexibility index (Phi) is 6.50. The minimum Gasteiger partial charge on any atom is -0.364 e. The fraction of sp³-hybridized carbons (Fsp3) is 0.300.